The summed E-state index contributed by atoms with van der Waals surface area (Å²) in [5, 5.41) is 10.2. The predicted molar refractivity (Wildman–Crippen MR) is 112 cm³/mol. The van der Waals surface area contributed by atoms with Crippen LogP contribution in [0.4, 0.5) is 0 Å². The molecule has 0 amide bonds. The fourth-order valence-corrected chi connectivity index (χ4v) is 1.93. The van der Waals surface area contributed by atoms with Crippen LogP contribution in [0, 0.1) is 0 Å². The Morgan fingerprint density at radius 2 is 1.09 bits per heavy atom. The average molecular weight is 452 g/mol. The van der Waals surface area contributed by atoms with Gasteiger partial charge in [-0.1, -0.05) is 26.3 Å². The number of aldehydes is 1. The molecule has 0 aromatic rings. The van der Waals surface area contributed by atoms with Crippen molar-refractivity contribution in [3.05, 3.63) is 48.6 Å². The van der Waals surface area contributed by atoms with Crippen LogP contribution in [-0.2, 0) is 42.9 Å². The van der Waals surface area contributed by atoms with Crippen molar-refractivity contribution in [2.75, 3.05) is 6.61 Å². The first-order valence-corrected chi connectivity index (χ1v) is 9.28. The van der Waals surface area contributed by atoms with Gasteiger partial charge in [0.2, 0.25) is 0 Å². The van der Waals surface area contributed by atoms with E-state index in [2.05, 4.69) is 26.3 Å². The Hall–Kier alpha value is -3.53. The van der Waals surface area contributed by atoms with Gasteiger partial charge in [-0.05, 0) is 27.7 Å². The summed E-state index contributed by atoms with van der Waals surface area (Å²) in [6.45, 7) is 18.3. The van der Waals surface area contributed by atoms with E-state index < -0.39 is 54.9 Å². The summed E-state index contributed by atoms with van der Waals surface area (Å²) in [4.78, 5) is 59.6. The van der Waals surface area contributed by atoms with Gasteiger partial charge in [-0.3, -0.25) is 0 Å². The lowest BCUT2D eigenvalue weighted by molar-refractivity contribution is -0.194. The van der Waals surface area contributed by atoms with Gasteiger partial charge in [-0.25, -0.2) is 19.2 Å². The molecule has 0 unspecified atom stereocenters. The molecule has 0 aromatic heterocycles. The number of esters is 4. The van der Waals surface area contributed by atoms with Crippen molar-refractivity contribution in [2.24, 2.45) is 0 Å². The van der Waals surface area contributed by atoms with Gasteiger partial charge in [0.15, 0.2) is 24.6 Å². The summed E-state index contributed by atoms with van der Waals surface area (Å²) < 4.78 is 20.5. The van der Waals surface area contributed by atoms with Crippen LogP contribution in [0.25, 0.3) is 0 Å². The number of carbonyl (C=O) groups excluding carboxylic acids is 5. The molecule has 0 rings (SSSR count). The highest BCUT2D eigenvalue weighted by Gasteiger charge is 2.43. The number of aliphatic hydroxyl groups excluding tert-OH is 1. The molecule has 10 heteroatoms. The fraction of sp³-hybridized carbons (Fsp3) is 0.409. The Morgan fingerprint density at radius 1 is 0.719 bits per heavy atom. The molecule has 0 bridgehead atoms. The Balaban J connectivity index is 6.39. The van der Waals surface area contributed by atoms with Crippen LogP contribution in [0.1, 0.15) is 27.7 Å². The lowest BCUT2D eigenvalue weighted by Crippen LogP contribution is -2.53. The van der Waals surface area contributed by atoms with Crippen molar-refractivity contribution in [1.82, 2.24) is 0 Å². The third-order valence-corrected chi connectivity index (χ3v) is 3.68. The Bertz CT molecular complexity index is 823. The van der Waals surface area contributed by atoms with Gasteiger partial charge in [0, 0.05) is 22.3 Å². The topological polar surface area (TPSA) is 143 Å². The Kier molecular flexibility index (Phi) is 11.6. The summed E-state index contributed by atoms with van der Waals surface area (Å²) in [7, 11) is 0. The number of hydrogen-bond donors (Lipinski definition) is 1. The Labute approximate surface area is 186 Å². The van der Waals surface area contributed by atoms with Crippen LogP contribution in [0.3, 0.4) is 0 Å². The Morgan fingerprint density at radius 3 is 1.47 bits per heavy atom. The molecule has 0 aliphatic heterocycles. The molecular weight excluding hydrogens is 424 g/mol. The van der Waals surface area contributed by atoms with E-state index >= 15 is 0 Å². The van der Waals surface area contributed by atoms with E-state index in [1.165, 1.54) is 27.7 Å². The van der Waals surface area contributed by atoms with E-state index in [1.807, 2.05) is 0 Å². The molecule has 0 saturated carbocycles. The van der Waals surface area contributed by atoms with Crippen molar-refractivity contribution >= 4 is 30.2 Å². The van der Waals surface area contributed by atoms with Crippen molar-refractivity contribution in [3.63, 3.8) is 0 Å². The van der Waals surface area contributed by atoms with Crippen molar-refractivity contribution in [2.45, 2.75) is 52.1 Å². The van der Waals surface area contributed by atoms with Crippen LogP contribution in [0.15, 0.2) is 48.6 Å². The largest absolute Gasteiger partial charge is 0.458 e. The monoisotopic (exact) mass is 452 g/mol. The van der Waals surface area contributed by atoms with Crippen LogP contribution >= 0.6 is 0 Å². The summed E-state index contributed by atoms with van der Waals surface area (Å²) >= 11 is 0. The first-order chi connectivity index (χ1) is 14.7. The predicted octanol–water partition coefficient (Wildman–Crippen LogP) is 1.13. The smallest absolute Gasteiger partial charge is 0.333 e. The zero-order valence-corrected chi connectivity index (χ0v) is 18.5. The number of carbonyl (C=O) groups is 5. The number of aliphatic hydroxyl groups is 1. The normalized spacial score (nSPS) is 13.9. The minimum atomic E-state index is -2.01. The summed E-state index contributed by atoms with van der Waals surface area (Å²) in [5.74, 6) is -3.88. The molecular formula is C22H28O10. The highest BCUT2D eigenvalue weighted by Crippen LogP contribution is 2.20. The summed E-state index contributed by atoms with van der Waals surface area (Å²) in [6.07, 6.45) is -7.25. The number of hydrogen-bond acceptors (Lipinski definition) is 10. The molecule has 1 N–H and O–H groups in total. The van der Waals surface area contributed by atoms with Gasteiger partial charge in [-0.15, -0.1) is 0 Å². The van der Waals surface area contributed by atoms with Gasteiger partial charge in [-0.2, -0.15) is 0 Å². The average Bonchev–Trinajstić information content (AvgIpc) is 2.71. The lowest BCUT2D eigenvalue weighted by Gasteiger charge is -2.33. The molecule has 0 spiro atoms. The molecule has 0 aliphatic carbocycles. The highest BCUT2D eigenvalue weighted by atomic mass is 16.6. The zero-order chi connectivity index (χ0) is 25.2. The fourth-order valence-electron chi connectivity index (χ4n) is 1.93. The van der Waals surface area contributed by atoms with E-state index in [-0.39, 0.29) is 28.6 Å². The van der Waals surface area contributed by atoms with Crippen molar-refractivity contribution in [3.8, 4) is 0 Å². The number of ether oxygens (including phenoxy) is 4. The quantitative estimate of drug-likeness (QED) is 0.187. The molecule has 176 valence electrons. The molecule has 0 heterocycles. The molecule has 0 saturated heterocycles. The van der Waals surface area contributed by atoms with Crippen molar-refractivity contribution in [1.29, 1.82) is 0 Å². The molecule has 0 fully saturated rings. The molecule has 0 aliphatic rings. The van der Waals surface area contributed by atoms with Crippen molar-refractivity contribution < 1.29 is 48.0 Å². The molecule has 4 atom stereocenters. The second-order valence-corrected chi connectivity index (χ2v) is 7.03. The highest BCUT2D eigenvalue weighted by molar-refractivity contribution is 5.89. The van der Waals surface area contributed by atoms with Crippen LogP contribution < -0.4 is 0 Å². The molecule has 0 radical (unpaired) electrons. The third kappa shape index (κ3) is 9.09. The van der Waals surface area contributed by atoms with Gasteiger partial charge in [0.25, 0.3) is 0 Å². The van der Waals surface area contributed by atoms with E-state index in [0.29, 0.717) is 0 Å². The van der Waals surface area contributed by atoms with Gasteiger partial charge in [0.1, 0.15) is 12.7 Å². The van der Waals surface area contributed by atoms with Gasteiger partial charge < -0.3 is 28.8 Å². The second-order valence-electron chi connectivity index (χ2n) is 7.03. The maximum atomic E-state index is 12.2. The molecule has 10 nitrogen and oxygen atoms in total. The third-order valence-electron chi connectivity index (χ3n) is 3.68. The van der Waals surface area contributed by atoms with Gasteiger partial charge >= 0.3 is 23.9 Å². The SMILES string of the molecule is C=C(C)C(=O)OC[C@@H](OC(=O)C(=C)C)[C@@H](OC(=O)C(=C)C)[C@H](OC(=O)C(=C)C)[C@@H](O)C=O. The molecule has 32 heavy (non-hydrogen) atoms. The minimum Gasteiger partial charge on any atom is -0.458 e. The van der Waals surface area contributed by atoms with E-state index in [9.17, 15) is 29.1 Å². The van der Waals surface area contributed by atoms with Crippen LogP contribution in [0.5, 0.6) is 0 Å². The van der Waals surface area contributed by atoms with Crippen LogP contribution in [0.2, 0.25) is 0 Å². The lowest BCUT2D eigenvalue weighted by atomic mass is 10.0. The van der Waals surface area contributed by atoms with Gasteiger partial charge in [0.05, 0.1) is 0 Å². The standard InChI is InChI=1S/C22H28O10/c1-11(2)19(25)29-10-16(30-20(26)12(3)4)18(32-22(28)14(7)8)17(15(24)9-23)31-21(27)13(5)6/h9,15-18,24H,1,3,5,7,10H2,2,4,6,8H3/t15-,16+,17+,18+/m0/s1. The summed E-state index contributed by atoms with van der Waals surface area (Å²) in [5.41, 5.74) is -0.229. The number of rotatable bonds is 13. The summed E-state index contributed by atoms with van der Waals surface area (Å²) in [6, 6.07) is 0. The van der Waals surface area contributed by atoms with E-state index in [1.54, 1.807) is 0 Å². The molecule has 0 aromatic carbocycles. The van der Waals surface area contributed by atoms with E-state index in [0.717, 1.165) is 0 Å². The maximum Gasteiger partial charge on any atom is 0.333 e. The van der Waals surface area contributed by atoms with E-state index in [4.69, 9.17) is 18.9 Å². The second kappa shape index (κ2) is 13.0. The van der Waals surface area contributed by atoms with Crippen LogP contribution in [-0.4, -0.2) is 66.3 Å². The minimum absolute atomic E-state index is 0.0173. The first kappa shape index (κ1) is 28.5. The first-order valence-electron chi connectivity index (χ1n) is 9.28. The zero-order valence-electron chi connectivity index (χ0n) is 18.5. The maximum absolute atomic E-state index is 12.2.